The largest absolute Gasteiger partial charge is 0.301 e. The molecular formula is C25H24N2O2. The first-order valence-corrected chi connectivity index (χ1v) is 9.78. The van der Waals surface area contributed by atoms with Gasteiger partial charge < -0.3 is 4.90 Å². The third-order valence-electron chi connectivity index (χ3n) is 5.55. The van der Waals surface area contributed by atoms with Gasteiger partial charge in [-0.1, -0.05) is 54.1 Å². The van der Waals surface area contributed by atoms with Gasteiger partial charge in [0.25, 0.3) is 5.91 Å². The molecule has 1 aliphatic rings. The molecule has 1 aliphatic heterocycles. The smallest absolute Gasteiger partial charge is 0.255 e. The van der Waals surface area contributed by atoms with Crippen molar-refractivity contribution in [2.24, 2.45) is 0 Å². The molecule has 3 aromatic carbocycles. The number of hydrogen-bond acceptors (Lipinski definition) is 2. The van der Waals surface area contributed by atoms with Gasteiger partial charge in [-0.3, -0.25) is 14.5 Å². The summed E-state index contributed by atoms with van der Waals surface area (Å²) in [6.07, 6.45) is 0. The maximum Gasteiger partial charge on any atom is 0.255 e. The van der Waals surface area contributed by atoms with Crippen LogP contribution in [-0.4, -0.2) is 18.4 Å². The van der Waals surface area contributed by atoms with E-state index in [9.17, 15) is 9.59 Å². The number of carbonyl (C=O) groups excluding carboxylic acids is 2. The molecule has 1 heterocycles. The summed E-state index contributed by atoms with van der Waals surface area (Å²) in [5, 5.41) is 0. The molecule has 29 heavy (non-hydrogen) atoms. The van der Waals surface area contributed by atoms with Crippen LogP contribution in [-0.2, 0) is 9.59 Å². The maximum absolute atomic E-state index is 13.7. The number of aryl methyl sites for hydroxylation is 3. The quantitative estimate of drug-likeness (QED) is 0.655. The van der Waals surface area contributed by atoms with Crippen molar-refractivity contribution in [3.05, 3.63) is 95.1 Å². The Bertz CT molecular complexity index is 1060. The second-order valence-electron chi connectivity index (χ2n) is 7.61. The predicted molar refractivity (Wildman–Crippen MR) is 116 cm³/mol. The first-order valence-electron chi connectivity index (χ1n) is 9.78. The van der Waals surface area contributed by atoms with Crippen LogP contribution in [0.5, 0.6) is 0 Å². The van der Waals surface area contributed by atoms with Crippen molar-refractivity contribution in [3.63, 3.8) is 0 Å². The molecule has 1 saturated heterocycles. The molecule has 0 N–H and O–H groups in total. The molecule has 0 spiro atoms. The Morgan fingerprint density at radius 2 is 1.41 bits per heavy atom. The number of piperazine rings is 1. The summed E-state index contributed by atoms with van der Waals surface area (Å²) in [5.74, 6) is -0.194. The van der Waals surface area contributed by atoms with Gasteiger partial charge in [0.15, 0.2) is 0 Å². The number of anilines is 2. The Kier molecular flexibility index (Phi) is 4.93. The summed E-state index contributed by atoms with van der Waals surface area (Å²) in [6, 6.07) is 22.4. The van der Waals surface area contributed by atoms with E-state index in [1.807, 2.05) is 93.6 Å². The molecule has 3 aromatic rings. The van der Waals surface area contributed by atoms with E-state index in [0.717, 1.165) is 33.6 Å². The van der Waals surface area contributed by atoms with Gasteiger partial charge in [0.1, 0.15) is 12.6 Å². The second-order valence-corrected chi connectivity index (χ2v) is 7.61. The Balaban J connectivity index is 1.80. The maximum atomic E-state index is 13.7. The Labute approximate surface area is 171 Å². The molecule has 0 aromatic heterocycles. The van der Waals surface area contributed by atoms with E-state index in [-0.39, 0.29) is 18.4 Å². The highest BCUT2D eigenvalue weighted by atomic mass is 16.2. The minimum Gasteiger partial charge on any atom is -0.301 e. The van der Waals surface area contributed by atoms with Crippen molar-refractivity contribution < 1.29 is 9.59 Å². The predicted octanol–water partition coefficient (Wildman–Crippen LogP) is 4.73. The molecular weight excluding hydrogens is 360 g/mol. The van der Waals surface area contributed by atoms with Crippen molar-refractivity contribution in [2.45, 2.75) is 26.8 Å². The number of amides is 2. The standard InChI is InChI=1S/C25H24N2O2/c1-17-9-12-21(13-10-17)27-23(28)16-26(22-14-11-18(2)19(3)15-22)25(29)24(27)20-7-5-4-6-8-20/h4-15,24H,16H2,1-3H3/t24-/m0/s1. The zero-order valence-corrected chi connectivity index (χ0v) is 16.9. The molecule has 0 unspecified atom stereocenters. The fraction of sp³-hybridized carbons (Fsp3) is 0.200. The van der Waals surface area contributed by atoms with E-state index in [4.69, 9.17) is 0 Å². The summed E-state index contributed by atoms with van der Waals surface area (Å²) in [7, 11) is 0. The van der Waals surface area contributed by atoms with Crippen LogP contribution in [0.1, 0.15) is 28.3 Å². The number of carbonyl (C=O) groups is 2. The summed E-state index contributed by atoms with van der Waals surface area (Å²) >= 11 is 0. The topological polar surface area (TPSA) is 40.6 Å². The van der Waals surface area contributed by atoms with E-state index in [2.05, 4.69) is 0 Å². The van der Waals surface area contributed by atoms with Crippen molar-refractivity contribution in [1.29, 1.82) is 0 Å². The molecule has 1 fully saturated rings. The molecule has 0 radical (unpaired) electrons. The minimum absolute atomic E-state index is 0.0263. The van der Waals surface area contributed by atoms with Gasteiger partial charge in [-0.05, 0) is 61.7 Å². The van der Waals surface area contributed by atoms with E-state index in [0.29, 0.717) is 0 Å². The molecule has 4 rings (SSSR count). The monoisotopic (exact) mass is 384 g/mol. The van der Waals surface area contributed by atoms with Crippen LogP contribution in [0.4, 0.5) is 11.4 Å². The van der Waals surface area contributed by atoms with Gasteiger partial charge in [0.05, 0.1) is 0 Å². The molecule has 146 valence electrons. The first-order chi connectivity index (χ1) is 14.0. The Hall–Kier alpha value is -3.40. The van der Waals surface area contributed by atoms with Crippen molar-refractivity contribution in [2.75, 3.05) is 16.3 Å². The molecule has 4 nitrogen and oxygen atoms in total. The van der Waals surface area contributed by atoms with Crippen LogP contribution in [0.25, 0.3) is 0 Å². The number of benzene rings is 3. The zero-order chi connectivity index (χ0) is 20.5. The van der Waals surface area contributed by atoms with Crippen LogP contribution in [0, 0.1) is 20.8 Å². The molecule has 0 aliphatic carbocycles. The fourth-order valence-corrected chi connectivity index (χ4v) is 3.73. The summed E-state index contributed by atoms with van der Waals surface area (Å²) in [4.78, 5) is 30.2. The van der Waals surface area contributed by atoms with Crippen LogP contribution in [0.3, 0.4) is 0 Å². The Morgan fingerprint density at radius 1 is 0.759 bits per heavy atom. The zero-order valence-electron chi connectivity index (χ0n) is 16.9. The fourth-order valence-electron chi connectivity index (χ4n) is 3.73. The van der Waals surface area contributed by atoms with Crippen LogP contribution < -0.4 is 9.80 Å². The van der Waals surface area contributed by atoms with Gasteiger partial charge in [-0.15, -0.1) is 0 Å². The van der Waals surface area contributed by atoms with Crippen molar-refractivity contribution >= 4 is 23.2 Å². The lowest BCUT2D eigenvalue weighted by Gasteiger charge is -2.40. The van der Waals surface area contributed by atoms with Gasteiger partial charge in [0, 0.05) is 11.4 Å². The Morgan fingerprint density at radius 3 is 2.07 bits per heavy atom. The van der Waals surface area contributed by atoms with Gasteiger partial charge in [-0.25, -0.2) is 0 Å². The number of nitrogens with zero attached hydrogens (tertiary/aromatic N) is 2. The average Bonchev–Trinajstić information content (AvgIpc) is 2.73. The van der Waals surface area contributed by atoms with Crippen LogP contribution >= 0.6 is 0 Å². The van der Waals surface area contributed by atoms with Crippen LogP contribution in [0.15, 0.2) is 72.8 Å². The highest BCUT2D eigenvalue weighted by Crippen LogP contribution is 2.35. The second kappa shape index (κ2) is 7.55. The highest BCUT2D eigenvalue weighted by molar-refractivity contribution is 6.14. The van der Waals surface area contributed by atoms with E-state index in [1.54, 1.807) is 9.80 Å². The van der Waals surface area contributed by atoms with E-state index < -0.39 is 6.04 Å². The first kappa shape index (κ1) is 18.9. The molecule has 0 saturated carbocycles. The molecule has 0 bridgehead atoms. The molecule has 1 atom stereocenters. The lowest BCUT2D eigenvalue weighted by atomic mass is 9.98. The molecule has 4 heteroatoms. The van der Waals surface area contributed by atoms with Crippen molar-refractivity contribution in [3.8, 4) is 0 Å². The SMILES string of the molecule is Cc1ccc(N2C(=O)CN(c3ccc(C)c(C)c3)C(=O)[C@@H]2c2ccccc2)cc1. The number of rotatable bonds is 3. The van der Waals surface area contributed by atoms with Gasteiger partial charge >= 0.3 is 0 Å². The lowest BCUT2D eigenvalue weighted by Crippen LogP contribution is -2.56. The third kappa shape index (κ3) is 3.54. The number of hydrogen-bond donors (Lipinski definition) is 0. The summed E-state index contributed by atoms with van der Waals surface area (Å²) < 4.78 is 0. The minimum atomic E-state index is -0.693. The van der Waals surface area contributed by atoms with E-state index >= 15 is 0 Å². The van der Waals surface area contributed by atoms with Gasteiger partial charge in [0.2, 0.25) is 5.91 Å². The van der Waals surface area contributed by atoms with Crippen LogP contribution in [0.2, 0.25) is 0 Å². The summed E-state index contributed by atoms with van der Waals surface area (Å²) in [6.45, 7) is 6.08. The average molecular weight is 384 g/mol. The molecule has 2 amide bonds. The highest BCUT2D eigenvalue weighted by Gasteiger charge is 2.41. The normalized spacial score (nSPS) is 17.0. The van der Waals surface area contributed by atoms with E-state index in [1.165, 1.54) is 0 Å². The van der Waals surface area contributed by atoms with Crippen molar-refractivity contribution in [1.82, 2.24) is 0 Å². The third-order valence-corrected chi connectivity index (χ3v) is 5.55. The van der Waals surface area contributed by atoms with Gasteiger partial charge in [-0.2, -0.15) is 0 Å². The lowest BCUT2D eigenvalue weighted by molar-refractivity contribution is -0.128. The summed E-state index contributed by atoms with van der Waals surface area (Å²) in [5.41, 5.74) is 5.67.